The van der Waals surface area contributed by atoms with Crippen molar-refractivity contribution in [2.45, 2.75) is 64.0 Å². The number of unbranched alkanes of at least 4 members (excludes halogenated alkanes) is 1. The van der Waals surface area contributed by atoms with Crippen LogP contribution in [-0.2, 0) is 0 Å². The minimum atomic E-state index is 0.546. The first-order valence-corrected chi connectivity index (χ1v) is 8.27. The van der Waals surface area contributed by atoms with Crippen molar-refractivity contribution < 1.29 is 0 Å². The summed E-state index contributed by atoms with van der Waals surface area (Å²) in [5, 5.41) is 0. The fourth-order valence-corrected chi connectivity index (χ4v) is 3.10. The molecule has 1 saturated carbocycles. The zero-order chi connectivity index (χ0) is 14.4. The van der Waals surface area contributed by atoms with E-state index in [1.54, 1.807) is 0 Å². The molecule has 2 atom stereocenters. The van der Waals surface area contributed by atoms with E-state index < -0.39 is 0 Å². The Morgan fingerprint density at radius 2 is 1.95 bits per heavy atom. The second-order valence-electron chi connectivity index (χ2n) is 6.26. The molecule has 1 aromatic carbocycles. The highest BCUT2D eigenvalue weighted by Crippen LogP contribution is 2.32. The Labute approximate surface area is 124 Å². The maximum atomic E-state index is 6.10. The van der Waals surface area contributed by atoms with E-state index in [0.29, 0.717) is 12.0 Å². The largest absolute Gasteiger partial charge is 0.329 e. The van der Waals surface area contributed by atoms with Crippen LogP contribution in [0.3, 0.4) is 0 Å². The van der Waals surface area contributed by atoms with Crippen LogP contribution >= 0.6 is 0 Å². The van der Waals surface area contributed by atoms with Gasteiger partial charge >= 0.3 is 0 Å². The molecule has 0 heterocycles. The second kappa shape index (κ2) is 7.80. The van der Waals surface area contributed by atoms with E-state index >= 15 is 0 Å². The molecule has 1 fully saturated rings. The van der Waals surface area contributed by atoms with E-state index in [9.17, 15) is 0 Å². The van der Waals surface area contributed by atoms with E-state index in [1.807, 2.05) is 0 Å². The van der Waals surface area contributed by atoms with Gasteiger partial charge in [-0.3, -0.25) is 4.90 Å². The van der Waals surface area contributed by atoms with Crippen LogP contribution in [0.2, 0.25) is 0 Å². The first-order valence-electron chi connectivity index (χ1n) is 8.27. The molecular weight excluding hydrogens is 244 g/mol. The number of benzene rings is 1. The Hall–Kier alpha value is -0.860. The molecule has 2 nitrogen and oxygen atoms in total. The fourth-order valence-electron chi connectivity index (χ4n) is 3.10. The summed E-state index contributed by atoms with van der Waals surface area (Å²) >= 11 is 0. The summed E-state index contributed by atoms with van der Waals surface area (Å²) in [6, 6.07) is 12.2. The predicted molar refractivity (Wildman–Crippen MR) is 87.0 cm³/mol. The molecule has 0 saturated heterocycles. The molecule has 112 valence electrons. The van der Waals surface area contributed by atoms with E-state index in [1.165, 1.54) is 44.2 Å². The number of rotatable bonds is 9. The van der Waals surface area contributed by atoms with Crippen molar-refractivity contribution in [1.82, 2.24) is 4.90 Å². The van der Waals surface area contributed by atoms with Crippen LogP contribution in [0.5, 0.6) is 0 Å². The minimum Gasteiger partial charge on any atom is -0.329 e. The molecule has 0 amide bonds. The van der Waals surface area contributed by atoms with Gasteiger partial charge in [-0.15, -0.1) is 0 Å². The van der Waals surface area contributed by atoms with Crippen molar-refractivity contribution in [1.29, 1.82) is 0 Å². The first kappa shape index (κ1) is 15.5. The lowest BCUT2D eigenvalue weighted by atomic mass is 9.93. The molecule has 1 aliphatic rings. The van der Waals surface area contributed by atoms with Crippen LogP contribution in [0.1, 0.15) is 57.4 Å². The van der Waals surface area contributed by atoms with Gasteiger partial charge in [-0.2, -0.15) is 0 Å². The highest BCUT2D eigenvalue weighted by atomic mass is 15.2. The molecular formula is C18H30N2. The van der Waals surface area contributed by atoms with Crippen LogP contribution < -0.4 is 5.73 Å². The van der Waals surface area contributed by atoms with Gasteiger partial charge in [0.15, 0.2) is 0 Å². The molecule has 2 unspecified atom stereocenters. The first-order chi connectivity index (χ1) is 9.76. The van der Waals surface area contributed by atoms with E-state index in [2.05, 4.69) is 49.1 Å². The lowest BCUT2D eigenvalue weighted by Gasteiger charge is -2.33. The van der Waals surface area contributed by atoms with Crippen molar-refractivity contribution in [2.24, 2.45) is 5.73 Å². The molecule has 2 rings (SSSR count). The smallest absolute Gasteiger partial charge is 0.0227 e. The summed E-state index contributed by atoms with van der Waals surface area (Å²) in [6.07, 6.45) is 6.50. The summed E-state index contributed by atoms with van der Waals surface area (Å²) in [5.74, 6) is 0.590. The second-order valence-corrected chi connectivity index (χ2v) is 6.26. The molecule has 1 aliphatic carbocycles. The Bertz CT molecular complexity index is 372. The quantitative estimate of drug-likeness (QED) is 0.742. The summed E-state index contributed by atoms with van der Waals surface area (Å²) in [4.78, 5) is 2.70. The van der Waals surface area contributed by atoms with Gasteiger partial charge in [0.05, 0.1) is 0 Å². The van der Waals surface area contributed by atoms with E-state index in [4.69, 9.17) is 5.73 Å². The Morgan fingerprint density at radius 1 is 1.25 bits per heavy atom. The van der Waals surface area contributed by atoms with Crippen LogP contribution in [-0.4, -0.2) is 30.1 Å². The van der Waals surface area contributed by atoms with Gasteiger partial charge in [0.25, 0.3) is 0 Å². The van der Waals surface area contributed by atoms with Crippen molar-refractivity contribution in [3.05, 3.63) is 35.9 Å². The summed E-state index contributed by atoms with van der Waals surface area (Å²) in [6.45, 7) is 6.62. The van der Waals surface area contributed by atoms with Gasteiger partial charge in [0.1, 0.15) is 0 Å². The van der Waals surface area contributed by atoms with Crippen molar-refractivity contribution >= 4 is 0 Å². The zero-order valence-corrected chi connectivity index (χ0v) is 13.1. The third kappa shape index (κ3) is 4.32. The average molecular weight is 274 g/mol. The number of nitrogens with zero attached hydrogens (tertiary/aromatic N) is 1. The Kier molecular flexibility index (Phi) is 6.06. The normalized spacial score (nSPS) is 18.2. The summed E-state index contributed by atoms with van der Waals surface area (Å²) in [5.41, 5.74) is 7.54. The maximum Gasteiger partial charge on any atom is 0.0227 e. The number of hydrogen-bond acceptors (Lipinski definition) is 2. The molecule has 0 aliphatic heterocycles. The lowest BCUT2D eigenvalue weighted by Crippen LogP contribution is -2.43. The third-order valence-corrected chi connectivity index (χ3v) is 4.52. The standard InChI is InChI=1S/C18H30N2/c1-3-4-12-20(17-10-11-17)18(14-19)13-15(2)16-8-6-5-7-9-16/h5-9,15,17-18H,3-4,10-14,19H2,1-2H3. The van der Waals surface area contributed by atoms with Gasteiger partial charge < -0.3 is 5.73 Å². The van der Waals surface area contributed by atoms with Crippen LogP contribution in [0, 0.1) is 0 Å². The SMILES string of the molecule is CCCCN(C1CC1)C(CN)CC(C)c1ccccc1. The van der Waals surface area contributed by atoms with Crippen molar-refractivity contribution in [3.8, 4) is 0 Å². The van der Waals surface area contributed by atoms with Crippen LogP contribution in [0.4, 0.5) is 0 Å². The molecule has 2 heteroatoms. The molecule has 2 N–H and O–H groups in total. The number of hydrogen-bond donors (Lipinski definition) is 1. The summed E-state index contributed by atoms with van der Waals surface area (Å²) in [7, 11) is 0. The summed E-state index contributed by atoms with van der Waals surface area (Å²) < 4.78 is 0. The lowest BCUT2D eigenvalue weighted by molar-refractivity contribution is 0.172. The Balaban J connectivity index is 1.95. The van der Waals surface area contributed by atoms with Gasteiger partial charge in [-0.25, -0.2) is 0 Å². The van der Waals surface area contributed by atoms with Gasteiger partial charge in [0, 0.05) is 18.6 Å². The van der Waals surface area contributed by atoms with Crippen molar-refractivity contribution in [3.63, 3.8) is 0 Å². The average Bonchev–Trinajstić information content (AvgIpc) is 3.31. The van der Waals surface area contributed by atoms with Gasteiger partial charge in [-0.1, -0.05) is 50.6 Å². The van der Waals surface area contributed by atoms with E-state index in [0.717, 1.165) is 12.6 Å². The van der Waals surface area contributed by atoms with Crippen LogP contribution in [0.25, 0.3) is 0 Å². The monoisotopic (exact) mass is 274 g/mol. The van der Waals surface area contributed by atoms with Crippen molar-refractivity contribution in [2.75, 3.05) is 13.1 Å². The topological polar surface area (TPSA) is 29.3 Å². The van der Waals surface area contributed by atoms with Gasteiger partial charge in [0.2, 0.25) is 0 Å². The van der Waals surface area contributed by atoms with Gasteiger partial charge in [-0.05, 0) is 43.7 Å². The third-order valence-electron chi connectivity index (χ3n) is 4.52. The maximum absolute atomic E-state index is 6.10. The molecule has 0 bridgehead atoms. The molecule has 1 aromatic rings. The fraction of sp³-hybridized carbons (Fsp3) is 0.667. The highest BCUT2D eigenvalue weighted by molar-refractivity contribution is 5.19. The number of nitrogens with two attached hydrogens (primary N) is 1. The molecule has 0 aromatic heterocycles. The van der Waals surface area contributed by atoms with Crippen LogP contribution in [0.15, 0.2) is 30.3 Å². The van der Waals surface area contributed by atoms with E-state index in [-0.39, 0.29) is 0 Å². The molecule has 0 radical (unpaired) electrons. The minimum absolute atomic E-state index is 0.546. The predicted octanol–water partition coefficient (Wildman–Crippen LogP) is 3.77. The molecule has 20 heavy (non-hydrogen) atoms. The Morgan fingerprint density at radius 3 is 2.50 bits per heavy atom. The molecule has 0 spiro atoms. The highest BCUT2D eigenvalue weighted by Gasteiger charge is 2.33. The zero-order valence-electron chi connectivity index (χ0n) is 13.1.